The topological polar surface area (TPSA) is 96.1 Å². The van der Waals surface area contributed by atoms with Crippen LogP contribution in [0.25, 0.3) is 32.3 Å². The van der Waals surface area contributed by atoms with Gasteiger partial charge < -0.3 is 0 Å². The van der Waals surface area contributed by atoms with E-state index in [0.29, 0.717) is 22.1 Å². The van der Waals surface area contributed by atoms with E-state index in [9.17, 15) is 15.8 Å². The summed E-state index contributed by atoms with van der Waals surface area (Å²) in [6.07, 6.45) is 1.63. The molecule has 4 aromatic rings. The van der Waals surface area contributed by atoms with E-state index in [-0.39, 0.29) is 16.7 Å². The van der Waals surface area contributed by atoms with Crippen molar-refractivity contribution in [1.82, 2.24) is 0 Å². The van der Waals surface area contributed by atoms with Crippen molar-refractivity contribution in [2.24, 2.45) is 9.98 Å². The fourth-order valence-electron chi connectivity index (χ4n) is 3.86. The van der Waals surface area contributed by atoms with Crippen LogP contribution in [0.1, 0.15) is 23.6 Å². The van der Waals surface area contributed by atoms with Crippen LogP contribution < -0.4 is 0 Å². The Balaban J connectivity index is 2.51. The van der Waals surface area contributed by atoms with Gasteiger partial charge in [-0.1, -0.05) is 36.4 Å². The molecule has 0 unspecified atom stereocenters. The largest absolute Gasteiger partial charge is 0.262 e. The molecule has 29 heavy (non-hydrogen) atoms. The number of benzene rings is 4. The standard InChI is InChI=1S/C24H13N5/c1-3-29-24-18-10-15(11-25)19(12-26)20(13-27)22(18)21-16-7-5-4-6-14(16)8-9-17(21)23(24)28-2/h3-10H,2H2,1H3. The van der Waals surface area contributed by atoms with Crippen LogP contribution >= 0.6 is 0 Å². The molecule has 0 N–H and O–H groups in total. The molecule has 5 heteroatoms. The number of rotatable bonds is 2. The van der Waals surface area contributed by atoms with Gasteiger partial charge in [0.1, 0.15) is 18.2 Å². The van der Waals surface area contributed by atoms with E-state index in [4.69, 9.17) is 0 Å². The summed E-state index contributed by atoms with van der Waals surface area (Å²) in [5.74, 6) is 0. The van der Waals surface area contributed by atoms with Crippen molar-refractivity contribution in [2.45, 2.75) is 6.92 Å². The SMILES string of the molecule is C=Nc1c(N=CC)c2cc(C#N)c(C#N)c(C#N)c2c2c1ccc1ccccc12. The highest BCUT2D eigenvalue weighted by Crippen LogP contribution is 2.47. The lowest BCUT2D eigenvalue weighted by Gasteiger charge is -2.16. The minimum absolute atomic E-state index is 0.0717. The van der Waals surface area contributed by atoms with Crippen molar-refractivity contribution < 1.29 is 0 Å². The van der Waals surface area contributed by atoms with Crippen LogP contribution in [0.5, 0.6) is 0 Å². The summed E-state index contributed by atoms with van der Waals surface area (Å²) in [4.78, 5) is 8.71. The first kappa shape index (κ1) is 17.9. The molecule has 0 atom stereocenters. The van der Waals surface area contributed by atoms with Crippen LogP contribution in [0, 0.1) is 34.0 Å². The second-order valence-corrected chi connectivity index (χ2v) is 6.38. The van der Waals surface area contributed by atoms with Crippen molar-refractivity contribution in [3.05, 3.63) is 59.2 Å². The molecule has 0 saturated carbocycles. The van der Waals surface area contributed by atoms with Gasteiger partial charge >= 0.3 is 0 Å². The molecule has 4 rings (SSSR count). The Labute approximate surface area is 167 Å². The van der Waals surface area contributed by atoms with Crippen molar-refractivity contribution in [3.8, 4) is 18.2 Å². The maximum absolute atomic E-state index is 9.96. The molecule has 0 saturated heterocycles. The zero-order chi connectivity index (χ0) is 20.5. The second-order valence-electron chi connectivity index (χ2n) is 6.38. The number of nitrogens with zero attached hydrogens (tertiary/aromatic N) is 5. The summed E-state index contributed by atoms with van der Waals surface area (Å²) < 4.78 is 0. The normalized spacial score (nSPS) is 10.8. The molecule has 0 amide bonds. The highest BCUT2D eigenvalue weighted by Gasteiger charge is 2.22. The van der Waals surface area contributed by atoms with Gasteiger partial charge in [-0.05, 0) is 30.5 Å². The number of hydrogen-bond donors (Lipinski definition) is 0. The second kappa shape index (κ2) is 6.89. The minimum atomic E-state index is 0.0717. The summed E-state index contributed by atoms with van der Waals surface area (Å²) >= 11 is 0. The maximum atomic E-state index is 9.96. The van der Waals surface area contributed by atoms with Crippen LogP contribution in [-0.2, 0) is 0 Å². The molecule has 0 aliphatic rings. The summed E-state index contributed by atoms with van der Waals surface area (Å²) in [6.45, 7) is 5.50. The number of nitriles is 3. The first-order valence-corrected chi connectivity index (χ1v) is 8.84. The monoisotopic (exact) mass is 371 g/mol. The van der Waals surface area contributed by atoms with Gasteiger partial charge in [0.2, 0.25) is 0 Å². The van der Waals surface area contributed by atoms with E-state index >= 15 is 0 Å². The van der Waals surface area contributed by atoms with Gasteiger partial charge in [-0.15, -0.1) is 0 Å². The fraction of sp³-hybridized carbons (Fsp3) is 0.0417. The highest BCUT2D eigenvalue weighted by atomic mass is 14.8. The van der Waals surface area contributed by atoms with E-state index in [0.717, 1.165) is 21.5 Å². The average Bonchev–Trinajstić information content (AvgIpc) is 2.77. The molecule has 0 spiro atoms. The van der Waals surface area contributed by atoms with Gasteiger partial charge in [-0.3, -0.25) is 9.98 Å². The van der Waals surface area contributed by atoms with Gasteiger partial charge in [0.25, 0.3) is 0 Å². The quantitative estimate of drug-likeness (QED) is 0.328. The lowest BCUT2D eigenvalue weighted by Crippen LogP contribution is -1.95. The third-order valence-electron chi connectivity index (χ3n) is 5.00. The molecule has 5 nitrogen and oxygen atoms in total. The predicted molar refractivity (Wildman–Crippen MR) is 116 cm³/mol. The smallest absolute Gasteiger partial charge is 0.102 e. The highest BCUT2D eigenvalue weighted by molar-refractivity contribution is 6.28. The van der Waals surface area contributed by atoms with E-state index in [1.807, 2.05) is 48.5 Å². The average molecular weight is 371 g/mol. The fourth-order valence-corrected chi connectivity index (χ4v) is 3.86. The first-order chi connectivity index (χ1) is 14.2. The van der Waals surface area contributed by atoms with E-state index in [1.54, 1.807) is 19.2 Å². The Morgan fingerprint density at radius 2 is 1.59 bits per heavy atom. The maximum Gasteiger partial charge on any atom is 0.102 e. The Morgan fingerprint density at radius 3 is 2.24 bits per heavy atom. The minimum Gasteiger partial charge on any atom is -0.262 e. The van der Waals surface area contributed by atoms with Gasteiger partial charge in [0.05, 0.1) is 28.1 Å². The van der Waals surface area contributed by atoms with Crippen molar-refractivity contribution in [3.63, 3.8) is 0 Å². The lowest BCUT2D eigenvalue weighted by atomic mass is 9.88. The van der Waals surface area contributed by atoms with Gasteiger partial charge in [0, 0.05) is 27.8 Å². The molecular weight excluding hydrogens is 358 g/mol. The third-order valence-corrected chi connectivity index (χ3v) is 5.00. The predicted octanol–water partition coefficient (Wildman–Crippen LogP) is 5.82. The molecule has 0 bridgehead atoms. The molecule has 0 aliphatic carbocycles. The summed E-state index contributed by atoms with van der Waals surface area (Å²) in [5, 5.41) is 33.9. The number of hydrogen-bond acceptors (Lipinski definition) is 5. The molecule has 0 radical (unpaired) electrons. The summed E-state index contributed by atoms with van der Waals surface area (Å²) in [5.41, 5.74) is 1.49. The zero-order valence-corrected chi connectivity index (χ0v) is 15.6. The van der Waals surface area contributed by atoms with Gasteiger partial charge in [-0.2, -0.15) is 15.8 Å². The van der Waals surface area contributed by atoms with Crippen molar-refractivity contribution in [1.29, 1.82) is 15.8 Å². The Kier molecular flexibility index (Phi) is 4.24. The Hall–Kier alpha value is -4.53. The molecule has 0 heterocycles. The van der Waals surface area contributed by atoms with Crippen LogP contribution in [0.2, 0.25) is 0 Å². The van der Waals surface area contributed by atoms with Crippen LogP contribution in [0.4, 0.5) is 11.4 Å². The molecule has 4 aromatic carbocycles. The molecule has 0 fully saturated rings. The van der Waals surface area contributed by atoms with Crippen LogP contribution in [0.15, 0.2) is 52.4 Å². The van der Waals surface area contributed by atoms with E-state index < -0.39 is 0 Å². The summed E-state index contributed by atoms with van der Waals surface area (Å²) in [7, 11) is 0. The van der Waals surface area contributed by atoms with Crippen LogP contribution in [0.3, 0.4) is 0 Å². The number of fused-ring (bicyclic) bond motifs is 5. The van der Waals surface area contributed by atoms with Gasteiger partial charge in [-0.25, -0.2) is 0 Å². The summed E-state index contributed by atoms with van der Waals surface area (Å²) in [6, 6.07) is 19.6. The van der Waals surface area contributed by atoms with Gasteiger partial charge in [0.15, 0.2) is 0 Å². The zero-order valence-electron chi connectivity index (χ0n) is 15.6. The Bertz CT molecular complexity index is 1510. The molecule has 134 valence electrons. The first-order valence-electron chi connectivity index (χ1n) is 8.84. The van der Waals surface area contributed by atoms with Crippen molar-refractivity contribution in [2.75, 3.05) is 0 Å². The lowest BCUT2D eigenvalue weighted by molar-refractivity contribution is 1.41. The van der Waals surface area contributed by atoms with E-state index in [1.165, 1.54) is 0 Å². The molecular formula is C24H13N5. The van der Waals surface area contributed by atoms with Crippen LogP contribution in [-0.4, -0.2) is 12.9 Å². The molecule has 0 aromatic heterocycles. The number of aliphatic imine (C=N–C) groups is 2. The molecule has 0 aliphatic heterocycles. The Morgan fingerprint density at radius 1 is 0.828 bits per heavy atom. The third kappa shape index (κ3) is 2.45. The van der Waals surface area contributed by atoms with E-state index in [2.05, 4.69) is 22.8 Å². The van der Waals surface area contributed by atoms with Crippen molar-refractivity contribution >= 4 is 56.6 Å².